The van der Waals surface area contributed by atoms with E-state index in [0.717, 1.165) is 29.5 Å². The van der Waals surface area contributed by atoms with E-state index in [0.29, 0.717) is 18.7 Å². The first kappa shape index (κ1) is 26.6. The molecule has 0 aromatic heterocycles. The molecule has 0 radical (unpaired) electrons. The maximum atomic E-state index is 12.8. The Morgan fingerprint density at radius 1 is 0.946 bits per heavy atom. The van der Waals surface area contributed by atoms with Crippen molar-refractivity contribution in [1.29, 1.82) is 0 Å². The summed E-state index contributed by atoms with van der Waals surface area (Å²) < 4.78 is 33.4. The van der Waals surface area contributed by atoms with Gasteiger partial charge in [0.25, 0.3) is 0 Å². The number of aryl methyl sites for hydroxylation is 1. The molecule has 0 saturated heterocycles. The highest BCUT2D eigenvalue weighted by Gasteiger charge is 2.52. The summed E-state index contributed by atoms with van der Waals surface area (Å²) >= 11 is 0. The molecule has 2 N–H and O–H groups in total. The average molecular weight is 521 g/mol. The van der Waals surface area contributed by atoms with Crippen molar-refractivity contribution in [2.24, 2.45) is 0 Å². The van der Waals surface area contributed by atoms with Gasteiger partial charge in [0.1, 0.15) is 0 Å². The van der Waals surface area contributed by atoms with E-state index in [1.54, 1.807) is 50.2 Å². The fraction of sp³-hybridized carbons (Fsp3) is 0.310. The van der Waals surface area contributed by atoms with E-state index in [-0.39, 0.29) is 29.2 Å². The first-order chi connectivity index (χ1) is 17.7. The molecule has 3 aromatic rings. The van der Waals surface area contributed by atoms with Crippen LogP contribution in [0.5, 0.6) is 0 Å². The highest BCUT2D eigenvalue weighted by molar-refractivity contribution is 7.89. The Labute approximate surface area is 218 Å². The van der Waals surface area contributed by atoms with Crippen LogP contribution in [0.3, 0.4) is 0 Å². The number of carbonyl (C=O) groups excluding carboxylic acids is 2. The quantitative estimate of drug-likeness (QED) is 0.351. The minimum Gasteiger partial charge on any atom is -0.465 e. The second kappa shape index (κ2) is 11.3. The lowest BCUT2D eigenvalue weighted by atomic mass is 9.96. The average Bonchev–Trinajstić information content (AvgIpc) is 3.71. The van der Waals surface area contributed by atoms with Crippen molar-refractivity contribution >= 4 is 27.6 Å². The van der Waals surface area contributed by atoms with Gasteiger partial charge < -0.3 is 10.1 Å². The second-order valence-corrected chi connectivity index (χ2v) is 11.0. The zero-order chi connectivity index (χ0) is 26.5. The number of hydrogen-bond acceptors (Lipinski definition) is 5. The van der Waals surface area contributed by atoms with Gasteiger partial charge in [-0.25, -0.2) is 13.1 Å². The minimum atomic E-state index is -3.67. The number of rotatable bonds is 11. The third-order valence-electron chi connectivity index (χ3n) is 6.64. The first-order valence-corrected chi connectivity index (χ1v) is 14.0. The monoisotopic (exact) mass is 520 g/mol. The third kappa shape index (κ3) is 6.45. The molecular weight excluding hydrogens is 488 g/mol. The van der Waals surface area contributed by atoms with Crippen molar-refractivity contribution < 1.29 is 22.7 Å². The van der Waals surface area contributed by atoms with Crippen LogP contribution in [-0.2, 0) is 36.2 Å². The summed E-state index contributed by atoms with van der Waals surface area (Å²) in [6, 6.07) is 22.9. The Hall–Kier alpha value is -3.49. The number of amides is 1. The molecule has 8 heteroatoms. The lowest BCUT2D eigenvalue weighted by Gasteiger charge is -2.15. The highest BCUT2D eigenvalue weighted by Crippen LogP contribution is 2.49. The summed E-state index contributed by atoms with van der Waals surface area (Å²) in [5, 5.41) is 2.88. The van der Waals surface area contributed by atoms with Crippen LogP contribution in [0, 0.1) is 0 Å². The van der Waals surface area contributed by atoms with Crippen LogP contribution in [0.4, 0.5) is 5.69 Å². The van der Waals surface area contributed by atoms with Crippen molar-refractivity contribution in [3.8, 4) is 0 Å². The molecular formula is C29H32N2O5S. The molecule has 4 rings (SSSR count). The molecule has 1 fully saturated rings. The van der Waals surface area contributed by atoms with Gasteiger partial charge in [0.15, 0.2) is 0 Å². The highest BCUT2D eigenvalue weighted by atomic mass is 32.2. The lowest BCUT2D eigenvalue weighted by molar-refractivity contribution is -0.146. The fourth-order valence-corrected chi connectivity index (χ4v) is 5.54. The van der Waals surface area contributed by atoms with E-state index in [1.165, 1.54) is 0 Å². The predicted molar refractivity (Wildman–Crippen MR) is 143 cm³/mol. The Balaban J connectivity index is 1.28. The molecule has 1 atom stereocenters. The molecule has 0 spiro atoms. The molecule has 1 aliphatic carbocycles. The van der Waals surface area contributed by atoms with E-state index >= 15 is 0 Å². The summed E-state index contributed by atoms with van der Waals surface area (Å²) in [5.41, 5.74) is 2.79. The van der Waals surface area contributed by atoms with Gasteiger partial charge in [-0.15, -0.1) is 0 Å². The van der Waals surface area contributed by atoms with Crippen molar-refractivity contribution in [2.45, 2.75) is 55.9 Å². The molecule has 37 heavy (non-hydrogen) atoms. The fourth-order valence-electron chi connectivity index (χ4n) is 4.30. The van der Waals surface area contributed by atoms with Gasteiger partial charge in [-0.1, -0.05) is 54.6 Å². The van der Waals surface area contributed by atoms with Crippen molar-refractivity contribution in [1.82, 2.24) is 4.72 Å². The van der Waals surface area contributed by atoms with Gasteiger partial charge >= 0.3 is 5.97 Å². The van der Waals surface area contributed by atoms with Gasteiger partial charge in [0, 0.05) is 18.2 Å². The van der Waals surface area contributed by atoms with Crippen LogP contribution in [0.2, 0.25) is 0 Å². The maximum absolute atomic E-state index is 12.8. The van der Waals surface area contributed by atoms with Gasteiger partial charge in [-0.3, -0.25) is 9.59 Å². The normalized spacial score (nSPS) is 15.0. The number of hydrogen-bond donors (Lipinski definition) is 2. The number of carbonyl (C=O) groups is 2. The number of ether oxygens (including phenoxy) is 1. The molecule has 0 bridgehead atoms. The Morgan fingerprint density at radius 3 is 2.19 bits per heavy atom. The molecule has 0 heterocycles. The van der Waals surface area contributed by atoms with Gasteiger partial charge in [0.2, 0.25) is 15.9 Å². The zero-order valence-corrected chi connectivity index (χ0v) is 21.9. The van der Waals surface area contributed by atoms with Crippen LogP contribution in [0.25, 0.3) is 0 Å². The molecule has 0 unspecified atom stereocenters. The summed E-state index contributed by atoms with van der Waals surface area (Å²) in [6.07, 6.45) is 2.29. The summed E-state index contributed by atoms with van der Waals surface area (Å²) in [5.74, 6) is -0.332. The van der Waals surface area contributed by atoms with Crippen LogP contribution < -0.4 is 10.0 Å². The number of sulfonamides is 1. The Kier molecular flexibility index (Phi) is 8.10. The Morgan fingerprint density at radius 2 is 1.59 bits per heavy atom. The number of esters is 1. The van der Waals surface area contributed by atoms with E-state index in [4.69, 9.17) is 4.74 Å². The third-order valence-corrected chi connectivity index (χ3v) is 8.20. The molecule has 194 valence electrons. The van der Waals surface area contributed by atoms with Crippen LogP contribution in [0.1, 0.15) is 55.8 Å². The molecule has 1 amide bonds. The zero-order valence-electron chi connectivity index (χ0n) is 21.1. The van der Waals surface area contributed by atoms with Gasteiger partial charge in [-0.2, -0.15) is 0 Å². The summed E-state index contributed by atoms with van der Waals surface area (Å²) in [4.78, 5) is 24.9. The topological polar surface area (TPSA) is 102 Å². The molecule has 1 aliphatic rings. The first-order valence-electron chi connectivity index (χ1n) is 12.5. The minimum absolute atomic E-state index is 0.144. The molecule has 1 saturated carbocycles. The molecule has 3 aromatic carbocycles. The maximum Gasteiger partial charge on any atom is 0.316 e. The lowest BCUT2D eigenvalue weighted by Crippen LogP contribution is -2.26. The number of anilines is 1. The van der Waals surface area contributed by atoms with Gasteiger partial charge in [-0.05, 0) is 74.1 Å². The molecule has 0 aliphatic heterocycles. The van der Waals surface area contributed by atoms with Crippen molar-refractivity contribution in [2.75, 3.05) is 11.9 Å². The van der Waals surface area contributed by atoms with Crippen molar-refractivity contribution in [3.63, 3.8) is 0 Å². The van der Waals surface area contributed by atoms with Crippen molar-refractivity contribution in [3.05, 3.63) is 95.6 Å². The summed E-state index contributed by atoms with van der Waals surface area (Å²) in [7, 11) is -3.67. The van der Waals surface area contributed by atoms with Crippen LogP contribution in [-0.4, -0.2) is 26.9 Å². The van der Waals surface area contributed by atoms with E-state index < -0.39 is 15.4 Å². The Bertz CT molecular complexity index is 1330. The number of nitrogens with one attached hydrogen (secondary N) is 2. The predicted octanol–water partition coefficient (Wildman–Crippen LogP) is 4.89. The molecule has 7 nitrogen and oxygen atoms in total. The largest absolute Gasteiger partial charge is 0.465 e. The van der Waals surface area contributed by atoms with E-state index in [1.807, 2.05) is 42.5 Å². The standard InChI is InChI=1S/C29H32N2O5S/c1-3-36-28(33)29(19-20-29)24-12-14-25(15-13-24)30-27(32)18-11-22-9-16-26(17-10-22)37(34,35)31-21(2)23-7-5-4-6-8-23/h4-10,12-17,21,31H,3,11,18-20H2,1-2H3,(H,30,32)/t21-/m0/s1. The smallest absolute Gasteiger partial charge is 0.316 e. The summed E-state index contributed by atoms with van der Waals surface area (Å²) in [6.45, 7) is 3.96. The number of benzene rings is 3. The van der Waals surface area contributed by atoms with Crippen LogP contribution in [0.15, 0.2) is 83.8 Å². The van der Waals surface area contributed by atoms with E-state index in [2.05, 4.69) is 10.0 Å². The second-order valence-electron chi connectivity index (χ2n) is 9.33. The van der Waals surface area contributed by atoms with Crippen LogP contribution >= 0.6 is 0 Å². The van der Waals surface area contributed by atoms with E-state index in [9.17, 15) is 18.0 Å². The SMILES string of the molecule is CCOC(=O)C1(c2ccc(NC(=O)CCc3ccc(S(=O)(=O)N[C@@H](C)c4ccccc4)cc3)cc2)CC1. The van der Waals surface area contributed by atoms with Gasteiger partial charge in [0.05, 0.1) is 16.9 Å².